The van der Waals surface area contributed by atoms with Gasteiger partial charge in [-0.15, -0.1) is 4.36 Å². The van der Waals surface area contributed by atoms with Gasteiger partial charge >= 0.3 is 0 Å². The monoisotopic (exact) mass is 729 g/mol. The van der Waals surface area contributed by atoms with Gasteiger partial charge in [0, 0.05) is 49.4 Å². The Hall–Kier alpha value is -4.00. The molecule has 6 atom stereocenters. The summed E-state index contributed by atoms with van der Waals surface area (Å²) >= 11 is 6.47. The summed E-state index contributed by atoms with van der Waals surface area (Å²) in [4.78, 5) is 25.2. The Morgan fingerprint density at radius 3 is 2.86 bits per heavy atom. The van der Waals surface area contributed by atoms with E-state index in [1.807, 2.05) is 25.1 Å². The van der Waals surface area contributed by atoms with Crippen LogP contribution in [0.2, 0.25) is 5.02 Å². The molecule has 2 aliphatic carbocycles. The molecule has 1 amide bonds. The van der Waals surface area contributed by atoms with Crippen LogP contribution in [0.25, 0.3) is 11.0 Å². The maximum atomic E-state index is 14.8. The van der Waals surface area contributed by atoms with Crippen molar-refractivity contribution in [3.05, 3.63) is 82.8 Å². The van der Waals surface area contributed by atoms with Crippen molar-refractivity contribution in [3.8, 4) is 5.75 Å². The number of fused-ring (bicyclic) bond motifs is 5. The lowest BCUT2D eigenvalue weighted by Gasteiger charge is -2.46. The Morgan fingerprint density at radius 2 is 2.04 bits per heavy atom. The molecule has 268 valence electrons. The lowest BCUT2D eigenvalue weighted by Crippen LogP contribution is -2.49. The third-order valence-electron chi connectivity index (χ3n) is 11.2. The summed E-state index contributed by atoms with van der Waals surface area (Å²) in [5.74, 6) is 1.34. The molecule has 2 aromatic carbocycles. The van der Waals surface area contributed by atoms with Gasteiger partial charge in [-0.2, -0.15) is 5.10 Å². The van der Waals surface area contributed by atoms with Gasteiger partial charge in [0.1, 0.15) is 22.0 Å². The second kappa shape index (κ2) is 13.5. The van der Waals surface area contributed by atoms with E-state index in [0.29, 0.717) is 47.3 Å². The van der Waals surface area contributed by atoms with Gasteiger partial charge in [0.25, 0.3) is 5.91 Å². The number of nitrogens with zero attached hydrogens (tertiary/aromatic N) is 6. The molecule has 8 rings (SSSR count). The number of rotatable bonds is 3. The third-order valence-corrected chi connectivity index (χ3v) is 13.4. The van der Waals surface area contributed by atoms with Crippen molar-refractivity contribution in [1.82, 2.24) is 19.7 Å². The van der Waals surface area contributed by atoms with E-state index in [-0.39, 0.29) is 23.2 Å². The maximum Gasteiger partial charge on any atom is 0.286 e. The summed E-state index contributed by atoms with van der Waals surface area (Å²) < 4.78 is 36.7. The highest BCUT2D eigenvalue weighted by atomic mass is 35.5. The van der Waals surface area contributed by atoms with Crippen LogP contribution in [0.5, 0.6) is 5.75 Å². The summed E-state index contributed by atoms with van der Waals surface area (Å²) in [6.07, 6.45) is 13.3. The maximum absolute atomic E-state index is 14.8. The Labute approximate surface area is 304 Å². The van der Waals surface area contributed by atoms with E-state index in [0.717, 1.165) is 61.7 Å². The van der Waals surface area contributed by atoms with E-state index in [4.69, 9.17) is 21.1 Å². The normalized spacial score (nSPS) is 30.0. The number of hydrogen-bond acceptors (Lipinski definition) is 8. The number of anilines is 2. The van der Waals surface area contributed by atoms with Crippen molar-refractivity contribution in [3.63, 3.8) is 0 Å². The molecule has 0 radical (unpaired) electrons. The largest absolute Gasteiger partial charge is 0.490 e. The van der Waals surface area contributed by atoms with E-state index >= 15 is 0 Å². The van der Waals surface area contributed by atoms with Crippen molar-refractivity contribution < 1.29 is 18.5 Å². The van der Waals surface area contributed by atoms with Crippen LogP contribution in [0.15, 0.2) is 65.4 Å². The Morgan fingerprint density at radius 1 is 1.16 bits per heavy atom. The number of hydrogen-bond donors (Lipinski definition) is 1. The van der Waals surface area contributed by atoms with Crippen LogP contribution >= 0.6 is 11.6 Å². The fourth-order valence-corrected chi connectivity index (χ4v) is 10.7. The molecule has 13 heteroatoms. The SMILES string of the molecule is CO[C@H]1/C=C\C[C@H](C)CS(=O)(Nc2ncnc3nn(C)cc23)=NC(=O)c2ccc3c(c2)N(C[C@@H]2CC[C@H]21)C[C@@]1(CCCc2cc(Cl)ccc21)CO3. The minimum absolute atomic E-state index is 0.0296. The number of allylic oxidation sites excluding steroid dienone is 1. The number of halogens is 1. The van der Waals surface area contributed by atoms with Crippen molar-refractivity contribution in [1.29, 1.82) is 0 Å². The predicted octanol–water partition coefficient (Wildman–Crippen LogP) is 6.76. The van der Waals surface area contributed by atoms with Gasteiger partial charge in [-0.1, -0.05) is 36.7 Å². The van der Waals surface area contributed by atoms with Gasteiger partial charge in [0.15, 0.2) is 11.5 Å². The van der Waals surface area contributed by atoms with Gasteiger partial charge in [-0.3, -0.25) is 14.2 Å². The van der Waals surface area contributed by atoms with Crippen LogP contribution in [0.3, 0.4) is 0 Å². The van der Waals surface area contributed by atoms with Gasteiger partial charge in [0.2, 0.25) is 0 Å². The number of amides is 1. The fourth-order valence-electron chi connectivity index (χ4n) is 8.55. The molecule has 1 saturated carbocycles. The second-order valence-electron chi connectivity index (χ2n) is 14.8. The molecule has 4 heterocycles. The zero-order valence-corrected chi connectivity index (χ0v) is 30.8. The smallest absolute Gasteiger partial charge is 0.286 e. The number of benzene rings is 2. The first-order valence-electron chi connectivity index (χ1n) is 17.8. The highest BCUT2D eigenvalue weighted by Gasteiger charge is 2.44. The van der Waals surface area contributed by atoms with Crippen LogP contribution in [0.4, 0.5) is 11.5 Å². The predicted molar refractivity (Wildman–Crippen MR) is 200 cm³/mol. The standard InChI is InChI=1S/C38H44ClN7O4S/c1-24-6-4-8-33(49-3)29-12-9-27(29)18-46-21-38(15-5-7-25-16-28(39)11-13-31(25)38)22-50-34-14-10-26(17-32(34)46)37(47)44-51(48,20-24)43-36-30-19-45(2)42-35(30)40-23-41-36/h4,8,10-11,13-14,16-17,19,23-24,27,29,33H,5-7,9,12,15,18,20-22H2,1-3H3,(H,40,41,42,43,44,47,48)/b8-4-/t24-,27-,29+,33-,38-,51?/m0/s1. The van der Waals surface area contributed by atoms with Crippen LogP contribution in [-0.2, 0) is 33.5 Å². The summed E-state index contributed by atoms with van der Waals surface area (Å²) in [6.45, 7) is 4.09. The van der Waals surface area contributed by atoms with Gasteiger partial charge in [-0.05, 0) is 97.7 Å². The van der Waals surface area contributed by atoms with Crippen LogP contribution in [0.1, 0.15) is 60.5 Å². The minimum Gasteiger partial charge on any atom is -0.490 e. The van der Waals surface area contributed by atoms with Crippen molar-refractivity contribution >= 4 is 50.0 Å². The molecule has 2 bridgehead atoms. The Bertz CT molecular complexity index is 2150. The average molecular weight is 730 g/mol. The molecule has 2 aliphatic heterocycles. The van der Waals surface area contributed by atoms with E-state index in [9.17, 15) is 9.00 Å². The number of ether oxygens (including phenoxy) is 2. The Balaban J connectivity index is 1.22. The van der Waals surface area contributed by atoms with Crippen LogP contribution in [0, 0.1) is 17.8 Å². The summed E-state index contributed by atoms with van der Waals surface area (Å²) in [5, 5.41) is 5.71. The number of aryl methyl sites for hydroxylation is 2. The van der Waals surface area contributed by atoms with E-state index in [2.05, 4.69) is 53.3 Å². The lowest BCUT2D eigenvalue weighted by molar-refractivity contribution is 0.0131. The molecule has 11 nitrogen and oxygen atoms in total. The zero-order valence-electron chi connectivity index (χ0n) is 29.3. The minimum atomic E-state index is -3.35. The zero-order chi connectivity index (χ0) is 35.3. The highest BCUT2D eigenvalue weighted by Crippen LogP contribution is 2.47. The number of carbonyl (C=O) groups excluding carboxylic acids is 1. The summed E-state index contributed by atoms with van der Waals surface area (Å²) in [7, 11) is 0.222. The summed E-state index contributed by atoms with van der Waals surface area (Å²) in [5.41, 5.74) is 4.01. The molecule has 2 aromatic heterocycles. The van der Waals surface area contributed by atoms with Gasteiger partial charge in [0.05, 0.1) is 29.5 Å². The third kappa shape index (κ3) is 6.62. The quantitative estimate of drug-likeness (QED) is 0.230. The first kappa shape index (κ1) is 34.1. The lowest BCUT2D eigenvalue weighted by atomic mass is 9.68. The molecule has 1 unspecified atom stereocenters. The number of methoxy groups -OCH3 is 1. The topological polar surface area (TPSA) is 124 Å². The first-order valence-corrected chi connectivity index (χ1v) is 19.9. The molecule has 1 N–H and O–H groups in total. The number of aromatic nitrogens is 4. The van der Waals surface area contributed by atoms with Crippen molar-refractivity contribution in [2.24, 2.45) is 29.2 Å². The van der Waals surface area contributed by atoms with Crippen molar-refractivity contribution in [2.45, 2.75) is 57.0 Å². The average Bonchev–Trinajstić information content (AvgIpc) is 3.41. The highest BCUT2D eigenvalue weighted by molar-refractivity contribution is 7.95. The fraction of sp³-hybridized carbons (Fsp3) is 0.474. The van der Waals surface area contributed by atoms with Crippen molar-refractivity contribution in [2.75, 3.05) is 42.2 Å². The number of carbonyl (C=O) groups is 1. The van der Waals surface area contributed by atoms with Gasteiger partial charge < -0.3 is 14.4 Å². The summed E-state index contributed by atoms with van der Waals surface area (Å²) in [6, 6.07) is 11.8. The molecular weight excluding hydrogens is 686 g/mol. The Kier molecular flexibility index (Phi) is 9.04. The molecule has 4 aromatic rings. The van der Waals surface area contributed by atoms with E-state index in [1.54, 1.807) is 31.1 Å². The van der Waals surface area contributed by atoms with Crippen LogP contribution in [-0.4, -0.2) is 68.5 Å². The molecule has 4 aliphatic rings. The molecule has 51 heavy (non-hydrogen) atoms. The number of nitrogens with one attached hydrogen (secondary N) is 1. The molecule has 0 saturated heterocycles. The second-order valence-corrected chi connectivity index (χ2v) is 17.3. The van der Waals surface area contributed by atoms with E-state index < -0.39 is 15.8 Å². The van der Waals surface area contributed by atoms with Gasteiger partial charge in [-0.25, -0.2) is 14.2 Å². The molecule has 1 fully saturated rings. The van der Waals surface area contributed by atoms with E-state index in [1.165, 1.54) is 17.5 Å². The first-order chi connectivity index (χ1) is 24.6. The molecular formula is C38H44ClN7O4S. The molecule has 1 spiro atoms. The van der Waals surface area contributed by atoms with Crippen LogP contribution < -0.4 is 14.4 Å².